The van der Waals surface area contributed by atoms with E-state index in [9.17, 15) is 4.79 Å². The maximum atomic E-state index is 12.1. The van der Waals surface area contributed by atoms with E-state index in [1.54, 1.807) is 0 Å². The standard InChI is InChI=1S/C16H19NO3/c18-15(19-10-12-4-2-1-3-5-12)17-8-13-6-16(11-20-16)7-14(13)9-17/h1-5,13-14H,6-11H2. The van der Waals surface area contributed by atoms with Gasteiger partial charge in [-0.05, 0) is 30.2 Å². The van der Waals surface area contributed by atoms with Crippen LogP contribution in [0.4, 0.5) is 4.79 Å². The highest BCUT2D eigenvalue weighted by Gasteiger charge is 2.57. The van der Waals surface area contributed by atoms with E-state index in [1.807, 2.05) is 35.2 Å². The highest BCUT2D eigenvalue weighted by Crippen LogP contribution is 2.52. The van der Waals surface area contributed by atoms with Crippen molar-refractivity contribution in [1.82, 2.24) is 4.90 Å². The SMILES string of the molecule is O=C(OCc1ccccc1)N1CC2CC3(CO3)CC2C1. The van der Waals surface area contributed by atoms with Crippen LogP contribution < -0.4 is 0 Å². The smallest absolute Gasteiger partial charge is 0.410 e. The molecule has 1 amide bonds. The van der Waals surface area contributed by atoms with Crippen LogP contribution in [0.5, 0.6) is 0 Å². The van der Waals surface area contributed by atoms with Crippen molar-refractivity contribution >= 4 is 6.09 Å². The third-order valence-corrected chi connectivity index (χ3v) is 4.86. The van der Waals surface area contributed by atoms with E-state index in [4.69, 9.17) is 9.47 Å². The van der Waals surface area contributed by atoms with Gasteiger partial charge >= 0.3 is 6.09 Å². The topological polar surface area (TPSA) is 42.1 Å². The summed E-state index contributed by atoms with van der Waals surface area (Å²) in [4.78, 5) is 14.0. The van der Waals surface area contributed by atoms with Gasteiger partial charge in [0, 0.05) is 13.1 Å². The second-order valence-corrected chi connectivity index (χ2v) is 6.35. The molecule has 106 valence electrons. The Kier molecular flexibility index (Phi) is 2.74. The zero-order chi connectivity index (χ0) is 13.6. The molecule has 4 rings (SSSR count). The highest BCUT2D eigenvalue weighted by atomic mass is 16.6. The van der Waals surface area contributed by atoms with Gasteiger partial charge in [0.25, 0.3) is 0 Å². The summed E-state index contributed by atoms with van der Waals surface area (Å²) < 4.78 is 11.0. The van der Waals surface area contributed by atoms with Crippen LogP contribution >= 0.6 is 0 Å². The van der Waals surface area contributed by atoms with Gasteiger partial charge in [0.1, 0.15) is 6.61 Å². The van der Waals surface area contributed by atoms with Gasteiger partial charge in [-0.15, -0.1) is 0 Å². The minimum atomic E-state index is -0.172. The predicted octanol–water partition coefficient (Wildman–Crippen LogP) is 2.43. The van der Waals surface area contributed by atoms with Crippen molar-refractivity contribution in [3.05, 3.63) is 35.9 Å². The molecule has 4 heteroatoms. The molecule has 1 aromatic carbocycles. The molecule has 0 bridgehead atoms. The molecule has 1 spiro atoms. The van der Waals surface area contributed by atoms with Crippen LogP contribution in [0, 0.1) is 11.8 Å². The number of amides is 1. The van der Waals surface area contributed by atoms with Gasteiger partial charge in [-0.3, -0.25) is 0 Å². The Morgan fingerprint density at radius 3 is 2.50 bits per heavy atom. The minimum Gasteiger partial charge on any atom is -0.445 e. The second kappa shape index (κ2) is 4.48. The van der Waals surface area contributed by atoms with Gasteiger partial charge in [0.2, 0.25) is 0 Å². The Labute approximate surface area is 118 Å². The number of epoxide rings is 1. The maximum absolute atomic E-state index is 12.1. The lowest BCUT2D eigenvalue weighted by Gasteiger charge is -2.18. The number of fused-ring (bicyclic) bond motifs is 1. The van der Waals surface area contributed by atoms with E-state index in [0.717, 1.165) is 38.1 Å². The first-order chi connectivity index (χ1) is 9.74. The molecule has 2 unspecified atom stereocenters. The van der Waals surface area contributed by atoms with Crippen molar-refractivity contribution in [2.75, 3.05) is 19.7 Å². The van der Waals surface area contributed by atoms with Crippen molar-refractivity contribution in [1.29, 1.82) is 0 Å². The summed E-state index contributed by atoms with van der Waals surface area (Å²) >= 11 is 0. The van der Waals surface area contributed by atoms with E-state index in [0.29, 0.717) is 18.4 Å². The quantitative estimate of drug-likeness (QED) is 0.777. The van der Waals surface area contributed by atoms with Crippen LogP contribution in [0.25, 0.3) is 0 Å². The monoisotopic (exact) mass is 273 g/mol. The molecular formula is C16H19NO3. The lowest BCUT2D eigenvalue weighted by Crippen LogP contribution is -2.31. The third-order valence-electron chi connectivity index (χ3n) is 4.86. The van der Waals surface area contributed by atoms with Crippen LogP contribution in [0.15, 0.2) is 30.3 Å². The van der Waals surface area contributed by atoms with Gasteiger partial charge in [-0.25, -0.2) is 4.79 Å². The summed E-state index contributed by atoms with van der Waals surface area (Å²) in [6, 6.07) is 9.82. The molecule has 20 heavy (non-hydrogen) atoms. The molecule has 1 aromatic rings. The molecule has 3 fully saturated rings. The number of rotatable bonds is 2. The van der Waals surface area contributed by atoms with Gasteiger partial charge in [0.15, 0.2) is 0 Å². The van der Waals surface area contributed by atoms with E-state index >= 15 is 0 Å². The molecule has 0 radical (unpaired) electrons. The number of benzene rings is 1. The van der Waals surface area contributed by atoms with Gasteiger partial charge in [-0.1, -0.05) is 30.3 Å². The molecular weight excluding hydrogens is 254 g/mol. The molecule has 1 aliphatic carbocycles. The zero-order valence-corrected chi connectivity index (χ0v) is 11.5. The first-order valence-electron chi connectivity index (χ1n) is 7.34. The van der Waals surface area contributed by atoms with Gasteiger partial charge in [-0.2, -0.15) is 0 Å². The summed E-state index contributed by atoms with van der Waals surface area (Å²) in [5, 5.41) is 0. The molecule has 4 nitrogen and oxygen atoms in total. The molecule has 2 aliphatic heterocycles. The molecule has 1 saturated carbocycles. The summed E-state index contributed by atoms with van der Waals surface area (Å²) in [6.45, 7) is 2.96. The Hall–Kier alpha value is -1.55. The van der Waals surface area contributed by atoms with Crippen molar-refractivity contribution in [3.63, 3.8) is 0 Å². The number of likely N-dealkylation sites (tertiary alicyclic amines) is 1. The maximum Gasteiger partial charge on any atom is 0.410 e. The average Bonchev–Trinajstić information content (AvgIpc) is 2.96. The lowest BCUT2D eigenvalue weighted by atomic mass is 10.0. The van der Waals surface area contributed by atoms with Crippen LogP contribution in [0.3, 0.4) is 0 Å². The summed E-state index contributed by atoms with van der Waals surface area (Å²) in [5.74, 6) is 1.23. The Morgan fingerprint density at radius 1 is 1.25 bits per heavy atom. The van der Waals surface area contributed by atoms with Crippen LogP contribution in [-0.2, 0) is 16.1 Å². The third kappa shape index (κ3) is 2.18. The number of ether oxygens (including phenoxy) is 2. The summed E-state index contributed by atoms with van der Waals surface area (Å²) in [7, 11) is 0. The fourth-order valence-corrected chi connectivity index (χ4v) is 3.74. The molecule has 0 aromatic heterocycles. The van der Waals surface area contributed by atoms with E-state index < -0.39 is 0 Å². The lowest BCUT2D eigenvalue weighted by molar-refractivity contribution is 0.100. The predicted molar refractivity (Wildman–Crippen MR) is 73.1 cm³/mol. The van der Waals surface area contributed by atoms with Crippen LogP contribution in [0.2, 0.25) is 0 Å². The summed E-state index contributed by atoms with van der Waals surface area (Å²) in [6.07, 6.45) is 2.08. The second-order valence-electron chi connectivity index (χ2n) is 6.35. The van der Waals surface area contributed by atoms with Crippen molar-refractivity contribution in [2.24, 2.45) is 11.8 Å². The number of carbonyl (C=O) groups excluding carboxylic acids is 1. The van der Waals surface area contributed by atoms with Gasteiger partial charge < -0.3 is 14.4 Å². The fourth-order valence-electron chi connectivity index (χ4n) is 3.74. The minimum absolute atomic E-state index is 0.172. The summed E-state index contributed by atoms with van der Waals surface area (Å²) in [5.41, 5.74) is 1.24. The Morgan fingerprint density at radius 2 is 1.90 bits per heavy atom. The number of hydrogen-bond acceptors (Lipinski definition) is 3. The van der Waals surface area contributed by atoms with Crippen molar-refractivity contribution in [2.45, 2.75) is 25.0 Å². The first kappa shape index (κ1) is 12.2. The van der Waals surface area contributed by atoms with Crippen molar-refractivity contribution < 1.29 is 14.3 Å². The fraction of sp³-hybridized carbons (Fsp3) is 0.562. The molecule has 2 heterocycles. The first-order valence-corrected chi connectivity index (χ1v) is 7.34. The van der Waals surface area contributed by atoms with E-state index in [2.05, 4.69) is 0 Å². The number of nitrogens with zero attached hydrogens (tertiary/aromatic N) is 1. The molecule has 2 atom stereocenters. The Balaban J connectivity index is 1.30. The van der Waals surface area contributed by atoms with E-state index in [-0.39, 0.29) is 11.7 Å². The molecule has 0 N–H and O–H groups in total. The average molecular weight is 273 g/mol. The normalized spacial score (nSPS) is 34.3. The van der Waals surface area contributed by atoms with Crippen LogP contribution in [-0.4, -0.2) is 36.3 Å². The Bertz CT molecular complexity index is 496. The van der Waals surface area contributed by atoms with Crippen molar-refractivity contribution in [3.8, 4) is 0 Å². The van der Waals surface area contributed by atoms with Crippen LogP contribution in [0.1, 0.15) is 18.4 Å². The largest absolute Gasteiger partial charge is 0.445 e. The molecule has 3 aliphatic rings. The van der Waals surface area contributed by atoms with E-state index in [1.165, 1.54) is 0 Å². The highest BCUT2D eigenvalue weighted by molar-refractivity contribution is 5.68. The number of carbonyl (C=O) groups is 1. The molecule has 2 saturated heterocycles. The zero-order valence-electron chi connectivity index (χ0n) is 11.5. The number of hydrogen-bond donors (Lipinski definition) is 0. The van der Waals surface area contributed by atoms with Gasteiger partial charge in [0.05, 0.1) is 12.2 Å².